The predicted octanol–water partition coefficient (Wildman–Crippen LogP) is 1.37. The van der Waals surface area contributed by atoms with E-state index in [0.717, 1.165) is 24.5 Å². The number of morpholine rings is 1. The summed E-state index contributed by atoms with van der Waals surface area (Å²) in [6.07, 6.45) is 1.70. The maximum Gasteiger partial charge on any atom is 0.0988 e. The van der Waals surface area contributed by atoms with Crippen LogP contribution in [0.5, 0.6) is 0 Å². The second-order valence-electron chi connectivity index (χ2n) is 5.22. The van der Waals surface area contributed by atoms with Crippen molar-refractivity contribution in [1.82, 2.24) is 4.98 Å². The van der Waals surface area contributed by atoms with Gasteiger partial charge >= 0.3 is 0 Å². The largest absolute Gasteiger partial charge is 0.394 e. The summed E-state index contributed by atoms with van der Waals surface area (Å²) in [5.74, 6) is 0. The van der Waals surface area contributed by atoms with Crippen LogP contribution in [0.2, 0.25) is 0 Å². The van der Waals surface area contributed by atoms with Gasteiger partial charge in [-0.2, -0.15) is 0 Å². The molecule has 4 heteroatoms. The third kappa shape index (κ3) is 2.96. The zero-order valence-electron chi connectivity index (χ0n) is 10.7. The van der Waals surface area contributed by atoms with Crippen molar-refractivity contribution < 1.29 is 9.84 Å². The fraction of sp³-hybridized carbons (Fsp3) is 0.615. The molecule has 4 nitrogen and oxygen atoms in total. The lowest BCUT2D eigenvalue weighted by Crippen LogP contribution is -2.54. The van der Waals surface area contributed by atoms with Gasteiger partial charge in [-0.1, -0.05) is 0 Å². The van der Waals surface area contributed by atoms with Gasteiger partial charge in [0.25, 0.3) is 0 Å². The van der Waals surface area contributed by atoms with Gasteiger partial charge in [-0.25, -0.2) is 0 Å². The molecule has 0 bridgehead atoms. The molecule has 1 unspecified atom stereocenters. The highest BCUT2D eigenvalue weighted by molar-refractivity contribution is 5.47. The first-order valence-electron chi connectivity index (χ1n) is 5.96. The van der Waals surface area contributed by atoms with Crippen LogP contribution in [0.3, 0.4) is 0 Å². The van der Waals surface area contributed by atoms with E-state index in [-0.39, 0.29) is 18.3 Å². The number of pyridine rings is 1. The average molecular weight is 236 g/mol. The number of rotatable bonds is 2. The van der Waals surface area contributed by atoms with Crippen molar-refractivity contribution in [2.24, 2.45) is 0 Å². The number of aryl methyl sites for hydroxylation is 1. The summed E-state index contributed by atoms with van der Waals surface area (Å²) in [6, 6.07) is 4.07. The van der Waals surface area contributed by atoms with Crippen molar-refractivity contribution >= 4 is 5.69 Å². The first-order chi connectivity index (χ1) is 8.00. The third-order valence-electron chi connectivity index (χ3n) is 2.93. The minimum Gasteiger partial charge on any atom is -0.394 e. The van der Waals surface area contributed by atoms with Gasteiger partial charge in [0.05, 0.1) is 18.3 Å². The highest BCUT2D eigenvalue weighted by Gasteiger charge is 2.33. The number of aliphatic hydroxyl groups is 1. The molecule has 1 atom stereocenters. The normalized spacial score (nSPS) is 23.8. The molecular weight excluding hydrogens is 216 g/mol. The van der Waals surface area contributed by atoms with E-state index in [1.807, 2.05) is 19.2 Å². The summed E-state index contributed by atoms with van der Waals surface area (Å²) in [7, 11) is 0. The summed E-state index contributed by atoms with van der Waals surface area (Å²) < 4.78 is 5.80. The van der Waals surface area contributed by atoms with Gasteiger partial charge < -0.3 is 14.7 Å². The molecule has 1 aromatic heterocycles. The number of ether oxygens (including phenoxy) is 1. The van der Waals surface area contributed by atoms with E-state index in [9.17, 15) is 5.11 Å². The lowest BCUT2D eigenvalue weighted by atomic mass is 10.0. The Morgan fingerprint density at radius 2 is 2.35 bits per heavy atom. The molecule has 0 aliphatic carbocycles. The van der Waals surface area contributed by atoms with Crippen LogP contribution < -0.4 is 4.90 Å². The highest BCUT2D eigenvalue weighted by Crippen LogP contribution is 2.25. The molecule has 0 amide bonds. The third-order valence-corrected chi connectivity index (χ3v) is 2.93. The van der Waals surface area contributed by atoms with E-state index in [1.165, 1.54) is 0 Å². The topological polar surface area (TPSA) is 45.6 Å². The van der Waals surface area contributed by atoms with E-state index in [0.29, 0.717) is 0 Å². The average Bonchev–Trinajstić information content (AvgIpc) is 2.27. The highest BCUT2D eigenvalue weighted by atomic mass is 16.5. The van der Waals surface area contributed by atoms with E-state index in [4.69, 9.17) is 4.74 Å². The standard InChI is InChI=1S/C13H20N2O2/c1-10-6-11(4-5-14-10)15-7-12(8-16)17-13(2,3)9-15/h4-6,12,16H,7-9H2,1-3H3. The Kier molecular flexibility index (Phi) is 3.35. The van der Waals surface area contributed by atoms with E-state index < -0.39 is 0 Å². The van der Waals surface area contributed by atoms with E-state index in [1.54, 1.807) is 0 Å². The van der Waals surface area contributed by atoms with Crippen molar-refractivity contribution in [2.75, 3.05) is 24.6 Å². The molecule has 17 heavy (non-hydrogen) atoms. The van der Waals surface area contributed by atoms with Crippen molar-refractivity contribution in [3.63, 3.8) is 0 Å². The number of aliphatic hydroxyl groups excluding tert-OH is 1. The van der Waals surface area contributed by atoms with Gasteiger partial charge in [0.2, 0.25) is 0 Å². The Morgan fingerprint density at radius 3 is 3.00 bits per heavy atom. The molecule has 0 radical (unpaired) electrons. The molecule has 0 aromatic carbocycles. The summed E-state index contributed by atoms with van der Waals surface area (Å²) in [5, 5.41) is 9.28. The smallest absolute Gasteiger partial charge is 0.0988 e. The monoisotopic (exact) mass is 236 g/mol. The van der Waals surface area contributed by atoms with Gasteiger partial charge in [-0.15, -0.1) is 0 Å². The Labute approximate surface area is 102 Å². The lowest BCUT2D eigenvalue weighted by Gasteiger charge is -2.43. The zero-order chi connectivity index (χ0) is 12.5. The Balaban J connectivity index is 2.20. The number of nitrogens with zero attached hydrogens (tertiary/aromatic N) is 2. The summed E-state index contributed by atoms with van der Waals surface area (Å²) >= 11 is 0. The van der Waals surface area contributed by atoms with Crippen LogP contribution in [0.25, 0.3) is 0 Å². The summed E-state index contributed by atoms with van der Waals surface area (Å²) in [4.78, 5) is 6.45. The SMILES string of the molecule is Cc1cc(N2CC(CO)OC(C)(C)C2)ccn1. The second kappa shape index (κ2) is 4.63. The Hall–Kier alpha value is -1.13. The van der Waals surface area contributed by atoms with Crippen LogP contribution in [0.4, 0.5) is 5.69 Å². The molecule has 1 aromatic rings. The molecule has 1 aliphatic rings. The molecule has 1 saturated heterocycles. The van der Waals surface area contributed by atoms with E-state index in [2.05, 4.69) is 29.8 Å². The van der Waals surface area contributed by atoms with Crippen LogP contribution in [-0.4, -0.2) is 41.5 Å². The van der Waals surface area contributed by atoms with Gasteiger partial charge in [-0.3, -0.25) is 4.98 Å². The van der Waals surface area contributed by atoms with Crippen LogP contribution in [-0.2, 0) is 4.74 Å². The van der Waals surface area contributed by atoms with Crippen LogP contribution in [0, 0.1) is 6.92 Å². The number of hydrogen-bond acceptors (Lipinski definition) is 4. The van der Waals surface area contributed by atoms with Gasteiger partial charge in [0, 0.05) is 30.7 Å². The molecule has 0 saturated carbocycles. The van der Waals surface area contributed by atoms with Gasteiger partial charge in [-0.05, 0) is 32.9 Å². The first-order valence-corrected chi connectivity index (χ1v) is 5.96. The van der Waals surface area contributed by atoms with Crippen LogP contribution in [0.1, 0.15) is 19.5 Å². The van der Waals surface area contributed by atoms with Crippen molar-refractivity contribution in [1.29, 1.82) is 0 Å². The first kappa shape index (κ1) is 12.3. The molecule has 2 heterocycles. The van der Waals surface area contributed by atoms with Crippen LogP contribution in [0.15, 0.2) is 18.3 Å². The maximum atomic E-state index is 9.28. The molecule has 0 spiro atoms. The molecule has 1 aliphatic heterocycles. The summed E-state index contributed by atoms with van der Waals surface area (Å²) in [5.41, 5.74) is 1.92. The van der Waals surface area contributed by atoms with Gasteiger partial charge in [0.1, 0.15) is 0 Å². The van der Waals surface area contributed by atoms with Crippen molar-refractivity contribution in [2.45, 2.75) is 32.5 Å². The number of anilines is 1. The zero-order valence-corrected chi connectivity index (χ0v) is 10.7. The molecular formula is C13H20N2O2. The molecule has 94 valence electrons. The fourth-order valence-electron chi connectivity index (χ4n) is 2.31. The van der Waals surface area contributed by atoms with E-state index >= 15 is 0 Å². The van der Waals surface area contributed by atoms with Gasteiger partial charge in [0.15, 0.2) is 0 Å². The second-order valence-corrected chi connectivity index (χ2v) is 5.22. The quantitative estimate of drug-likeness (QED) is 0.842. The summed E-state index contributed by atoms with van der Waals surface area (Å²) in [6.45, 7) is 7.70. The Bertz CT molecular complexity index is 393. The van der Waals surface area contributed by atoms with Crippen molar-refractivity contribution in [3.8, 4) is 0 Å². The fourth-order valence-corrected chi connectivity index (χ4v) is 2.31. The molecule has 1 N–H and O–H groups in total. The number of hydrogen-bond donors (Lipinski definition) is 1. The Morgan fingerprint density at radius 1 is 1.59 bits per heavy atom. The maximum absolute atomic E-state index is 9.28. The molecule has 1 fully saturated rings. The van der Waals surface area contributed by atoms with Crippen LogP contribution >= 0.6 is 0 Å². The minimum atomic E-state index is -0.233. The molecule has 2 rings (SSSR count). The number of aromatic nitrogens is 1. The predicted molar refractivity (Wildman–Crippen MR) is 67.2 cm³/mol. The lowest BCUT2D eigenvalue weighted by molar-refractivity contribution is -0.101. The minimum absolute atomic E-state index is 0.0595. The van der Waals surface area contributed by atoms with Crippen molar-refractivity contribution in [3.05, 3.63) is 24.0 Å².